The molecule has 1 aromatic heterocycles. The Morgan fingerprint density at radius 1 is 1.67 bits per heavy atom. The van der Waals surface area contributed by atoms with Gasteiger partial charge in [-0.2, -0.15) is 5.10 Å². The van der Waals surface area contributed by atoms with Gasteiger partial charge in [0.15, 0.2) is 0 Å². The van der Waals surface area contributed by atoms with E-state index in [-0.39, 0.29) is 11.9 Å². The van der Waals surface area contributed by atoms with Crippen molar-refractivity contribution in [2.45, 2.75) is 19.9 Å². The highest BCUT2D eigenvalue weighted by Gasteiger charge is 2.17. The molecular weight excluding hydrogens is 258 g/mol. The van der Waals surface area contributed by atoms with Crippen LogP contribution < -0.4 is 5.32 Å². The summed E-state index contributed by atoms with van der Waals surface area (Å²) in [6.07, 6.45) is 1.62. The lowest BCUT2D eigenvalue weighted by Gasteiger charge is -2.19. The second kappa shape index (κ2) is 5.30. The molecule has 1 amide bonds. The molecule has 0 spiro atoms. The summed E-state index contributed by atoms with van der Waals surface area (Å²) >= 11 is 3.39. The van der Waals surface area contributed by atoms with Gasteiger partial charge in [0.2, 0.25) is 0 Å². The van der Waals surface area contributed by atoms with Crippen molar-refractivity contribution in [3.05, 3.63) is 18.0 Å². The Kier molecular flexibility index (Phi) is 4.32. The maximum atomic E-state index is 11.8. The van der Waals surface area contributed by atoms with Gasteiger partial charge in [-0.3, -0.25) is 9.48 Å². The zero-order chi connectivity index (χ0) is 11.4. The Morgan fingerprint density at radius 2 is 2.33 bits per heavy atom. The fourth-order valence-electron chi connectivity index (χ4n) is 1.22. The topological polar surface area (TPSA) is 46.9 Å². The maximum absolute atomic E-state index is 11.8. The lowest BCUT2D eigenvalue weighted by molar-refractivity contribution is 0.0922. The zero-order valence-electron chi connectivity index (χ0n) is 9.20. The highest BCUT2D eigenvalue weighted by Crippen LogP contribution is 2.06. The van der Waals surface area contributed by atoms with Crippen molar-refractivity contribution in [2.24, 2.45) is 13.0 Å². The van der Waals surface area contributed by atoms with Crippen molar-refractivity contribution in [1.29, 1.82) is 0 Å². The van der Waals surface area contributed by atoms with Crippen molar-refractivity contribution in [3.8, 4) is 0 Å². The van der Waals surface area contributed by atoms with Crippen molar-refractivity contribution in [2.75, 3.05) is 5.33 Å². The predicted molar refractivity (Wildman–Crippen MR) is 63.1 cm³/mol. The van der Waals surface area contributed by atoms with E-state index in [1.165, 1.54) is 0 Å². The third-order valence-electron chi connectivity index (χ3n) is 2.34. The molecule has 1 heterocycles. The highest BCUT2D eigenvalue weighted by atomic mass is 79.9. The smallest absolute Gasteiger partial charge is 0.269 e. The SMILES string of the molecule is CC(C)C(CBr)NC(=O)c1ccnn1C. The molecule has 1 rings (SSSR count). The van der Waals surface area contributed by atoms with Gasteiger partial charge in [-0.15, -0.1) is 0 Å². The summed E-state index contributed by atoms with van der Waals surface area (Å²) in [5.74, 6) is 0.328. The Labute approximate surface area is 98.2 Å². The first kappa shape index (κ1) is 12.2. The largest absolute Gasteiger partial charge is 0.347 e. The Hall–Kier alpha value is -0.840. The lowest BCUT2D eigenvalue weighted by atomic mass is 10.1. The number of alkyl halides is 1. The minimum Gasteiger partial charge on any atom is -0.347 e. The van der Waals surface area contributed by atoms with Crippen molar-refractivity contribution >= 4 is 21.8 Å². The monoisotopic (exact) mass is 273 g/mol. The fourth-order valence-corrected chi connectivity index (χ4v) is 2.13. The number of carbonyl (C=O) groups is 1. The molecule has 0 aliphatic heterocycles. The summed E-state index contributed by atoms with van der Waals surface area (Å²) in [5, 5.41) is 7.68. The third-order valence-corrected chi connectivity index (χ3v) is 3.04. The number of hydrogen-bond donors (Lipinski definition) is 1. The van der Waals surface area contributed by atoms with Crippen LogP contribution in [-0.2, 0) is 7.05 Å². The van der Waals surface area contributed by atoms with Crippen molar-refractivity contribution < 1.29 is 4.79 Å². The first-order chi connectivity index (χ1) is 7.06. The van der Waals surface area contributed by atoms with E-state index in [1.54, 1.807) is 24.0 Å². The van der Waals surface area contributed by atoms with Crippen molar-refractivity contribution in [3.63, 3.8) is 0 Å². The summed E-state index contributed by atoms with van der Waals surface area (Å²) in [4.78, 5) is 11.8. The highest BCUT2D eigenvalue weighted by molar-refractivity contribution is 9.09. The molecule has 0 saturated heterocycles. The van der Waals surface area contributed by atoms with Crippen molar-refractivity contribution in [1.82, 2.24) is 15.1 Å². The summed E-state index contributed by atoms with van der Waals surface area (Å²) in [6.45, 7) is 4.16. The molecule has 1 unspecified atom stereocenters. The zero-order valence-corrected chi connectivity index (χ0v) is 10.8. The molecule has 0 fully saturated rings. The van der Waals surface area contributed by atoms with Crippen LogP contribution in [0.5, 0.6) is 0 Å². The molecule has 1 aromatic rings. The number of amides is 1. The van der Waals surface area contributed by atoms with Crippen LogP contribution in [0.3, 0.4) is 0 Å². The second-order valence-electron chi connectivity index (χ2n) is 3.82. The molecule has 1 N–H and O–H groups in total. The minimum atomic E-state index is -0.0758. The van der Waals surface area contributed by atoms with Gasteiger partial charge in [-0.05, 0) is 12.0 Å². The second-order valence-corrected chi connectivity index (χ2v) is 4.47. The van der Waals surface area contributed by atoms with E-state index in [9.17, 15) is 4.79 Å². The number of nitrogens with zero attached hydrogens (tertiary/aromatic N) is 2. The van der Waals surface area contributed by atoms with E-state index in [2.05, 4.69) is 40.2 Å². The van der Waals surface area contributed by atoms with E-state index in [0.29, 0.717) is 11.6 Å². The number of hydrogen-bond acceptors (Lipinski definition) is 2. The van der Waals surface area contributed by atoms with E-state index in [1.807, 2.05) is 0 Å². The Balaban J connectivity index is 2.67. The number of rotatable bonds is 4. The summed E-state index contributed by atoms with van der Waals surface area (Å²) in [5.41, 5.74) is 0.585. The van der Waals surface area contributed by atoms with Gasteiger partial charge in [0, 0.05) is 24.6 Å². The van der Waals surface area contributed by atoms with Gasteiger partial charge >= 0.3 is 0 Å². The number of carbonyl (C=O) groups excluding carboxylic acids is 1. The molecule has 0 saturated carbocycles. The van der Waals surface area contributed by atoms with Gasteiger partial charge in [-0.25, -0.2) is 0 Å². The molecule has 15 heavy (non-hydrogen) atoms. The first-order valence-corrected chi connectivity index (χ1v) is 6.03. The van der Waals surface area contributed by atoms with E-state index in [0.717, 1.165) is 5.33 Å². The fraction of sp³-hybridized carbons (Fsp3) is 0.600. The van der Waals surface area contributed by atoms with Crippen LogP contribution in [0.2, 0.25) is 0 Å². The molecule has 0 radical (unpaired) electrons. The normalized spacial score (nSPS) is 12.9. The van der Waals surface area contributed by atoms with Crippen LogP contribution in [0.4, 0.5) is 0 Å². The van der Waals surface area contributed by atoms with Crippen LogP contribution in [0.25, 0.3) is 0 Å². The maximum Gasteiger partial charge on any atom is 0.269 e. The quantitative estimate of drug-likeness (QED) is 0.847. The number of aryl methyl sites for hydroxylation is 1. The third kappa shape index (κ3) is 3.06. The first-order valence-electron chi connectivity index (χ1n) is 4.91. The Bertz CT molecular complexity index is 335. The summed E-state index contributed by atoms with van der Waals surface area (Å²) < 4.78 is 1.57. The van der Waals surface area contributed by atoms with Gasteiger partial charge < -0.3 is 5.32 Å². The summed E-state index contributed by atoms with van der Waals surface area (Å²) in [7, 11) is 1.76. The average molecular weight is 274 g/mol. The van der Waals surface area contributed by atoms with Crippen LogP contribution in [-0.4, -0.2) is 27.1 Å². The molecule has 4 nitrogen and oxygen atoms in total. The molecular formula is C10H16BrN3O. The molecule has 84 valence electrons. The summed E-state index contributed by atoms with van der Waals surface area (Å²) in [6, 6.07) is 1.86. The van der Waals surface area contributed by atoms with Crippen LogP contribution in [0.1, 0.15) is 24.3 Å². The average Bonchev–Trinajstić information content (AvgIpc) is 2.60. The van der Waals surface area contributed by atoms with Crippen LogP contribution in [0, 0.1) is 5.92 Å². The molecule has 0 aliphatic rings. The molecule has 0 bridgehead atoms. The standard InChI is InChI=1S/C10H16BrN3O/c1-7(2)8(6-11)13-10(15)9-4-5-12-14(9)3/h4-5,7-8H,6H2,1-3H3,(H,13,15). The number of aromatic nitrogens is 2. The van der Waals surface area contributed by atoms with Crippen LogP contribution >= 0.6 is 15.9 Å². The molecule has 5 heteroatoms. The lowest BCUT2D eigenvalue weighted by Crippen LogP contribution is -2.40. The van der Waals surface area contributed by atoms with E-state index in [4.69, 9.17) is 0 Å². The minimum absolute atomic E-state index is 0.0758. The van der Waals surface area contributed by atoms with Gasteiger partial charge in [-0.1, -0.05) is 29.8 Å². The molecule has 0 aliphatic carbocycles. The van der Waals surface area contributed by atoms with E-state index >= 15 is 0 Å². The van der Waals surface area contributed by atoms with Crippen LogP contribution in [0.15, 0.2) is 12.3 Å². The number of nitrogens with one attached hydrogen (secondary N) is 1. The van der Waals surface area contributed by atoms with Gasteiger partial charge in [0.1, 0.15) is 5.69 Å². The van der Waals surface area contributed by atoms with Gasteiger partial charge in [0.05, 0.1) is 0 Å². The van der Waals surface area contributed by atoms with Gasteiger partial charge in [0.25, 0.3) is 5.91 Å². The predicted octanol–water partition coefficient (Wildman–Crippen LogP) is 1.57. The number of halogens is 1. The molecule has 0 aromatic carbocycles. The molecule has 1 atom stereocenters. The van der Waals surface area contributed by atoms with E-state index < -0.39 is 0 Å². The Morgan fingerprint density at radius 3 is 2.73 bits per heavy atom.